The molecule has 2 fully saturated rings. The minimum absolute atomic E-state index is 0.00750. The predicted octanol–water partition coefficient (Wildman–Crippen LogP) is 2.90. The van der Waals surface area contributed by atoms with Gasteiger partial charge in [0.05, 0.1) is 18.5 Å². The van der Waals surface area contributed by atoms with Crippen LogP contribution in [0.4, 0.5) is 10.1 Å². The SMILES string of the molecule is COCC(c1cc(F)c[nH]c1=O)n1cc(NC(=O)[C@@H](NC(=O)c2ccnn2C(C)C)C(C2CC2)C2CC2)cn1. The molecule has 3 aromatic heterocycles. The molecule has 2 aliphatic rings. The first-order valence-corrected chi connectivity index (χ1v) is 13.3. The van der Waals surface area contributed by atoms with Crippen molar-refractivity contribution in [3.05, 3.63) is 64.3 Å². The first kappa shape index (κ1) is 26.8. The Morgan fingerprint density at radius 2 is 1.92 bits per heavy atom. The van der Waals surface area contributed by atoms with Gasteiger partial charge in [-0.15, -0.1) is 0 Å². The van der Waals surface area contributed by atoms with Gasteiger partial charge < -0.3 is 20.4 Å². The van der Waals surface area contributed by atoms with E-state index >= 15 is 0 Å². The Balaban J connectivity index is 1.38. The molecule has 0 aliphatic heterocycles. The zero-order valence-corrected chi connectivity index (χ0v) is 22.3. The third-order valence-corrected chi connectivity index (χ3v) is 7.45. The molecular formula is C27H34FN7O4. The number of rotatable bonds is 12. The number of carbonyl (C=O) groups excluding carboxylic acids is 2. The van der Waals surface area contributed by atoms with E-state index in [4.69, 9.17) is 4.74 Å². The molecule has 5 rings (SSSR count). The summed E-state index contributed by atoms with van der Waals surface area (Å²) in [4.78, 5) is 41.8. The monoisotopic (exact) mass is 539 g/mol. The molecule has 1 unspecified atom stereocenters. The highest BCUT2D eigenvalue weighted by molar-refractivity contribution is 6.00. The predicted molar refractivity (Wildman–Crippen MR) is 141 cm³/mol. The molecule has 0 spiro atoms. The number of H-pyrrole nitrogens is 1. The minimum atomic E-state index is -0.725. The molecular weight excluding hydrogens is 505 g/mol. The van der Waals surface area contributed by atoms with E-state index in [1.807, 2.05) is 13.8 Å². The number of nitrogens with zero attached hydrogens (tertiary/aromatic N) is 4. The van der Waals surface area contributed by atoms with Gasteiger partial charge in [0, 0.05) is 37.3 Å². The van der Waals surface area contributed by atoms with Gasteiger partial charge in [-0.3, -0.25) is 23.7 Å². The van der Waals surface area contributed by atoms with E-state index in [0.29, 0.717) is 23.2 Å². The maximum Gasteiger partial charge on any atom is 0.270 e. The molecule has 2 atom stereocenters. The Hall–Kier alpha value is -3.80. The van der Waals surface area contributed by atoms with Crippen molar-refractivity contribution in [2.45, 2.75) is 57.7 Å². The largest absolute Gasteiger partial charge is 0.382 e. The average Bonchev–Trinajstić information content (AvgIpc) is 3.82. The Bertz CT molecular complexity index is 1380. The summed E-state index contributed by atoms with van der Waals surface area (Å²) >= 11 is 0. The summed E-state index contributed by atoms with van der Waals surface area (Å²) in [6.07, 6.45) is 9.78. The maximum absolute atomic E-state index is 13.9. The van der Waals surface area contributed by atoms with Crippen LogP contribution in [0.5, 0.6) is 0 Å². The van der Waals surface area contributed by atoms with E-state index in [-0.39, 0.29) is 35.9 Å². The summed E-state index contributed by atoms with van der Waals surface area (Å²) in [5.74, 6) is -0.404. The van der Waals surface area contributed by atoms with Crippen LogP contribution in [0, 0.1) is 23.6 Å². The fourth-order valence-corrected chi connectivity index (χ4v) is 5.33. The lowest BCUT2D eigenvalue weighted by Crippen LogP contribution is -2.50. The van der Waals surface area contributed by atoms with Gasteiger partial charge >= 0.3 is 0 Å². The quantitative estimate of drug-likeness (QED) is 0.324. The highest BCUT2D eigenvalue weighted by atomic mass is 19.1. The molecule has 3 aromatic rings. The summed E-state index contributed by atoms with van der Waals surface area (Å²) in [5, 5.41) is 14.5. The minimum Gasteiger partial charge on any atom is -0.382 e. The molecule has 2 amide bonds. The van der Waals surface area contributed by atoms with Crippen LogP contribution >= 0.6 is 0 Å². The topological polar surface area (TPSA) is 136 Å². The number of amides is 2. The van der Waals surface area contributed by atoms with Crippen molar-refractivity contribution < 1.29 is 18.7 Å². The standard InChI is InChI=1S/C27H34FN7O4/c1-15(2)35-21(8-9-30-35)26(37)33-24(23(16-4-5-16)17-6-7-17)27(38)32-19-12-31-34(13-19)22(14-39-3)20-10-18(28)11-29-25(20)36/h8-13,15-17,22-24H,4-7,14H2,1-3H3,(H,29,36)(H,32,38)(H,33,37)/t22?,24-/m0/s1. The van der Waals surface area contributed by atoms with Crippen LogP contribution in [0.3, 0.4) is 0 Å². The number of pyridine rings is 1. The molecule has 2 aliphatic carbocycles. The Morgan fingerprint density at radius 3 is 2.56 bits per heavy atom. The van der Waals surface area contributed by atoms with Gasteiger partial charge in [-0.25, -0.2) is 4.39 Å². The number of halogens is 1. The third kappa shape index (κ3) is 5.95. The van der Waals surface area contributed by atoms with Crippen molar-refractivity contribution in [1.82, 2.24) is 29.9 Å². The van der Waals surface area contributed by atoms with Crippen LogP contribution in [-0.2, 0) is 9.53 Å². The third-order valence-electron chi connectivity index (χ3n) is 7.45. The van der Waals surface area contributed by atoms with E-state index in [1.165, 1.54) is 18.0 Å². The highest BCUT2D eigenvalue weighted by Gasteiger charge is 2.48. The fourth-order valence-electron chi connectivity index (χ4n) is 5.33. The molecule has 2 saturated carbocycles. The lowest BCUT2D eigenvalue weighted by Gasteiger charge is -2.27. The molecule has 3 heterocycles. The number of methoxy groups -OCH3 is 1. The van der Waals surface area contributed by atoms with Crippen molar-refractivity contribution in [2.24, 2.45) is 17.8 Å². The van der Waals surface area contributed by atoms with Crippen LogP contribution in [0.25, 0.3) is 0 Å². The van der Waals surface area contributed by atoms with Gasteiger partial charge in [0.2, 0.25) is 5.91 Å². The van der Waals surface area contributed by atoms with E-state index in [9.17, 15) is 18.8 Å². The van der Waals surface area contributed by atoms with Crippen molar-refractivity contribution in [3.63, 3.8) is 0 Å². The Labute approximate surface area is 225 Å². The van der Waals surface area contributed by atoms with Gasteiger partial charge in [-0.1, -0.05) is 0 Å². The number of carbonyl (C=O) groups is 2. The molecule has 0 saturated heterocycles. The van der Waals surface area contributed by atoms with Crippen molar-refractivity contribution in [1.29, 1.82) is 0 Å². The van der Waals surface area contributed by atoms with Crippen LogP contribution in [0.15, 0.2) is 41.7 Å². The summed E-state index contributed by atoms with van der Waals surface area (Å²) in [7, 11) is 1.47. The van der Waals surface area contributed by atoms with E-state index < -0.39 is 23.5 Å². The molecule has 0 aromatic carbocycles. The fraction of sp³-hybridized carbons (Fsp3) is 0.519. The number of aromatic amines is 1. The van der Waals surface area contributed by atoms with Gasteiger partial charge in [-0.2, -0.15) is 10.2 Å². The molecule has 39 heavy (non-hydrogen) atoms. The summed E-state index contributed by atoms with van der Waals surface area (Å²) in [5.41, 5.74) is 0.487. The van der Waals surface area contributed by atoms with Gasteiger partial charge in [0.1, 0.15) is 23.6 Å². The highest BCUT2D eigenvalue weighted by Crippen LogP contribution is 2.51. The zero-order chi connectivity index (χ0) is 27.7. The first-order valence-electron chi connectivity index (χ1n) is 13.3. The van der Waals surface area contributed by atoms with Crippen LogP contribution < -0.4 is 16.2 Å². The number of hydrogen-bond acceptors (Lipinski definition) is 6. The van der Waals surface area contributed by atoms with Crippen molar-refractivity contribution in [3.8, 4) is 0 Å². The molecule has 12 heteroatoms. The molecule has 0 radical (unpaired) electrons. The van der Waals surface area contributed by atoms with Crippen LogP contribution in [0.1, 0.15) is 67.7 Å². The Kier molecular flexibility index (Phi) is 7.65. The van der Waals surface area contributed by atoms with E-state index in [0.717, 1.165) is 37.9 Å². The summed E-state index contributed by atoms with van der Waals surface area (Å²) < 4.78 is 22.2. The molecule has 208 valence electrons. The number of hydrogen-bond donors (Lipinski definition) is 3. The number of nitrogens with one attached hydrogen (secondary N) is 3. The molecule has 11 nitrogen and oxygen atoms in total. The Morgan fingerprint density at radius 1 is 1.21 bits per heavy atom. The van der Waals surface area contributed by atoms with Crippen LogP contribution in [-0.4, -0.2) is 56.1 Å². The number of anilines is 1. The van der Waals surface area contributed by atoms with Gasteiger partial charge in [-0.05, 0) is 69.4 Å². The second kappa shape index (κ2) is 11.1. The zero-order valence-electron chi connectivity index (χ0n) is 22.3. The normalized spacial score (nSPS) is 16.9. The second-order valence-electron chi connectivity index (χ2n) is 10.7. The summed E-state index contributed by atoms with van der Waals surface area (Å²) in [6, 6.07) is 1.36. The molecule has 0 bridgehead atoms. The van der Waals surface area contributed by atoms with E-state index in [2.05, 4.69) is 25.8 Å². The second-order valence-corrected chi connectivity index (χ2v) is 10.7. The van der Waals surface area contributed by atoms with Crippen molar-refractivity contribution >= 4 is 17.5 Å². The smallest absolute Gasteiger partial charge is 0.270 e. The first-order chi connectivity index (χ1) is 18.8. The van der Waals surface area contributed by atoms with Gasteiger partial charge in [0.15, 0.2) is 0 Å². The van der Waals surface area contributed by atoms with Crippen LogP contribution in [0.2, 0.25) is 0 Å². The maximum atomic E-state index is 13.9. The lowest BCUT2D eigenvalue weighted by molar-refractivity contribution is -0.119. The number of ether oxygens (including phenoxy) is 1. The number of aromatic nitrogens is 5. The van der Waals surface area contributed by atoms with Gasteiger partial charge in [0.25, 0.3) is 11.5 Å². The van der Waals surface area contributed by atoms with E-state index in [1.54, 1.807) is 23.1 Å². The molecule has 3 N–H and O–H groups in total. The average molecular weight is 540 g/mol. The van der Waals surface area contributed by atoms with Crippen molar-refractivity contribution in [2.75, 3.05) is 19.0 Å². The lowest BCUT2D eigenvalue weighted by atomic mass is 9.88. The summed E-state index contributed by atoms with van der Waals surface area (Å²) in [6.45, 7) is 3.95.